The summed E-state index contributed by atoms with van der Waals surface area (Å²) < 4.78 is 34.8. The SMILES string of the molecule is O=C(CC(O)(COc1ccccc1)c1ccccc1)N[C@@H](Cc1cc(F)cc(F)c1)[C@@H](O)CNCc1cccc(I)c1. The predicted molar refractivity (Wildman–Crippen MR) is 166 cm³/mol. The molecule has 42 heavy (non-hydrogen) atoms. The van der Waals surface area contributed by atoms with E-state index in [0.29, 0.717) is 17.9 Å². The molecule has 0 aliphatic heterocycles. The lowest BCUT2D eigenvalue weighted by Gasteiger charge is -2.30. The number of carbonyl (C=O) groups excluding carboxylic acids is 1. The van der Waals surface area contributed by atoms with Crippen molar-refractivity contribution in [3.8, 4) is 5.75 Å². The van der Waals surface area contributed by atoms with Crippen LogP contribution in [0.4, 0.5) is 8.78 Å². The van der Waals surface area contributed by atoms with E-state index in [1.54, 1.807) is 54.6 Å². The van der Waals surface area contributed by atoms with E-state index in [-0.39, 0.29) is 31.6 Å². The predicted octanol–water partition coefficient (Wildman–Crippen LogP) is 5.10. The summed E-state index contributed by atoms with van der Waals surface area (Å²) in [5.41, 5.74) is 0.0950. The van der Waals surface area contributed by atoms with Crippen LogP contribution in [0.15, 0.2) is 103 Å². The largest absolute Gasteiger partial charge is 0.490 e. The molecule has 4 N–H and O–H groups in total. The molecule has 0 bridgehead atoms. The van der Waals surface area contributed by atoms with Crippen LogP contribution in [0.5, 0.6) is 5.75 Å². The van der Waals surface area contributed by atoms with Crippen LogP contribution < -0.4 is 15.4 Å². The highest BCUT2D eigenvalue weighted by Gasteiger charge is 2.35. The lowest BCUT2D eigenvalue weighted by molar-refractivity contribution is -0.129. The van der Waals surface area contributed by atoms with Crippen molar-refractivity contribution in [1.29, 1.82) is 0 Å². The number of rotatable bonds is 14. The Kier molecular flexibility index (Phi) is 11.4. The van der Waals surface area contributed by atoms with Gasteiger partial charge in [0.1, 0.15) is 29.6 Å². The molecule has 0 aliphatic rings. The molecule has 0 aliphatic carbocycles. The molecule has 0 heterocycles. The zero-order chi connectivity index (χ0) is 30.0. The van der Waals surface area contributed by atoms with Crippen molar-refractivity contribution >= 4 is 28.5 Å². The second-order valence-electron chi connectivity index (χ2n) is 10.2. The average molecular weight is 687 g/mol. The van der Waals surface area contributed by atoms with E-state index in [1.807, 2.05) is 30.3 Å². The minimum atomic E-state index is -1.69. The van der Waals surface area contributed by atoms with E-state index in [2.05, 4.69) is 33.2 Å². The van der Waals surface area contributed by atoms with Crippen LogP contribution in [0, 0.1) is 15.2 Å². The molecule has 0 aromatic heterocycles. The maximum atomic E-state index is 14.0. The van der Waals surface area contributed by atoms with Gasteiger partial charge in [-0.05, 0) is 82.1 Å². The summed E-state index contributed by atoms with van der Waals surface area (Å²) in [5.74, 6) is -1.53. The first kappa shape index (κ1) is 31.6. The van der Waals surface area contributed by atoms with Crippen LogP contribution >= 0.6 is 22.6 Å². The van der Waals surface area contributed by atoms with Gasteiger partial charge in [-0.2, -0.15) is 0 Å². The van der Waals surface area contributed by atoms with Crippen molar-refractivity contribution < 1.29 is 28.5 Å². The Morgan fingerprint density at radius 2 is 1.55 bits per heavy atom. The molecule has 9 heteroatoms. The van der Waals surface area contributed by atoms with E-state index in [4.69, 9.17) is 4.74 Å². The van der Waals surface area contributed by atoms with Gasteiger partial charge in [-0.15, -0.1) is 0 Å². The van der Waals surface area contributed by atoms with E-state index < -0.39 is 35.3 Å². The number of para-hydroxylation sites is 1. The third kappa shape index (κ3) is 9.59. The minimum absolute atomic E-state index is 0.0310. The molecule has 220 valence electrons. The quantitative estimate of drug-likeness (QED) is 0.139. The fourth-order valence-corrected chi connectivity index (χ4v) is 5.25. The van der Waals surface area contributed by atoms with Gasteiger partial charge in [0.25, 0.3) is 0 Å². The summed E-state index contributed by atoms with van der Waals surface area (Å²) in [4.78, 5) is 13.4. The number of ether oxygens (including phenoxy) is 1. The van der Waals surface area contributed by atoms with Gasteiger partial charge in [0, 0.05) is 22.7 Å². The Bertz CT molecular complexity index is 1420. The number of nitrogens with one attached hydrogen (secondary N) is 2. The molecule has 6 nitrogen and oxygen atoms in total. The van der Waals surface area contributed by atoms with Crippen LogP contribution in [-0.4, -0.2) is 41.4 Å². The summed E-state index contributed by atoms with van der Waals surface area (Å²) in [6, 6.07) is 27.8. The number of aliphatic hydroxyl groups is 2. The Balaban J connectivity index is 1.49. The van der Waals surface area contributed by atoms with Gasteiger partial charge in [-0.25, -0.2) is 8.78 Å². The van der Waals surface area contributed by atoms with Gasteiger partial charge in [-0.1, -0.05) is 60.7 Å². The maximum Gasteiger partial charge on any atom is 0.223 e. The standard InChI is InChI=1S/C33H33F2IN2O4/c34-26-14-24(15-27(35)18-26)17-30(31(39)21-37-20-23-8-7-11-28(36)16-23)38-32(40)19-33(41,25-9-3-1-4-10-25)22-42-29-12-5-2-6-13-29/h1-16,18,30-31,37,39,41H,17,19-22H2,(H,38,40)/t30-,31-,33?/m0/s1. The maximum absolute atomic E-state index is 14.0. The molecule has 0 saturated carbocycles. The normalized spacial score (nSPS) is 14.0. The lowest BCUT2D eigenvalue weighted by Crippen LogP contribution is -2.50. The third-order valence-electron chi connectivity index (χ3n) is 6.75. The molecule has 3 atom stereocenters. The number of amides is 1. The zero-order valence-corrected chi connectivity index (χ0v) is 25.0. The zero-order valence-electron chi connectivity index (χ0n) is 22.9. The molecule has 4 aromatic carbocycles. The van der Waals surface area contributed by atoms with Gasteiger partial charge in [-0.3, -0.25) is 4.79 Å². The lowest BCUT2D eigenvalue weighted by atomic mass is 9.90. The fourth-order valence-electron chi connectivity index (χ4n) is 4.65. The molecule has 0 saturated heterocycles. The number of benzene rings is 4. The minimum Gasteiger partial charge on any atom is -0.490 e. The smallest absolute Gasteiger partial charge is 0.223 e. The Hall–Kier alpha value is -3.38. The van der Waals surface area contributed by atoms with Gasteiger partial charge in [0.05, 0.1) is 18.6 Å². The molecule has 0 radical (unpaired) electrons. The average Bonchev–Trinajstić information content (AvgIpc) is 2.96. The Labute approximate surface area is 257 Å². The van der Waals surface area contributed by atoms with Gasteiger partial charge in [0.2, 0.25) is 5.91 Å². The first-order chi connectivity index (χ1) is 20.2. The number of aliphatic hydroxyl groups excluding tert-OH is 1. The number of halogens is 3. The number of hydrogen-bond donors (Lipinski definition) is 4. The summed E-state index contributed by atoms with van der Waals surface area (Å²) >= 11 is 2.22. The molecule has 0 fully saturated rings. The van der Waals surface area contributed by atoms with Crippen molar-refractivity contribution in [2.45, 2.75) is 37.1 Å². The van der Waals surface area contributed by atoms with Crippen molar-refractivity contribution in [3.05, 3.63) is 135 Å². The molecule has 1 unspecified atom stereocenters. The van der Waals surface area contributed by atoms with Gasteiger partial charge >= 0.3 is 0 Å². The first-order valence-electron chi connectivity index (χ1n) is 13.5. The fraction of sp³-hybridized carbons (Fsp3) is 0.242. The molecule has 0 spiro atoms. The number of carbonyl (C=O) groups is 1. The molecule has 4 aromatic rings. The van der Waals surface area contributed by atoms with Crippen LogP contribution in [-0.2, 0) is 23.4 Å². The molecular weight excluding hydrogens is 653 g/mol. The van der Waals surface area contributed by atoms with Crippen LogP contribution in [0.3, 0.4) is 0 Å². The third-order valence-corrected chi connectivity index (χ3v) is 7.42. The molecule has 1 amide bonds. The van der Waals surface area contributed by atoms with Crippen molar-refractivity contribution in [3.63, 3.8) is 0 Å². The second-order valence-corrected chi connectivity index (χ2v) is 11.4. The van der Waals surface area contributed by atoms with Gasteiger partial charge in [0.15, 0.2) is 0 Å². The Morgan fingerprint density at radius 1 is 0.881 bits per heavy atom. The summed E-state index contributed by atoms with van der Waals surface area (Å²) in [6.45, 7) is 0.385. The topological polar surface area (TPSA) is 90.8 Å². The monoisotopic (exact) mass is 686 g/mol. The van der Waals surface area contributed by atoms with E-state index in [1.165, 1.54) is 12.1 Å². The van der Waals surface area contributed by atoms with Gasteiger partial charge < -0.3 is 25.6 Å². The number of hydrogen-bond acceptors (Lipinski definition) is 5. The summed E-state index contributed by atoms with van der Waals surface area (Å²) in [5, 5.41) is 28.7. The van der Waals surface area contributed by atoms with E-state index in [9.17, 15) is 23.8 Å². The van der Waals surface area contributed by atoms with Crippen molar-refractivity contribution in [1.82, 2.24) is 10.6 Å². The van der Waals surface area contributed by atoms with Crippen molar-refractivity contribution in [2.24, 2.45) is 0 Å². The highest BCUT2D eigenvalue weighted by molar-refractivity contribution is 14.1. The highest BCUT2D eigenvalue weighted by Crippen LogP contribution is 2.27. The van der Waals surface area contributed by atoms with Crippen LogP contribution in [0.1, 0.15) is 23.1 Å². The van der Waals surface area contributed by atoms with E-state index >= 15 is 0 Å². The molecule has 4 rings (SSSR count). The summed E-state index contributed by atoms with van der Waals surface area (Å²) in [7, 11) is 0. The molecular formula is C33H33F2IN2O4. The van der Waals surface area contributed by atoms with Crippen LogP contribution in [0.25, 0.3) is 0 Å². The second kappa shape index (κ2) is 15.2. The van der Waals surface area contributed by atoms with Crippen molar-refractivity contribution in [2.75, 3.05) is 13.2 Å². The Morgan fingerprint density at radius 3 is 2.21 bits per heavy atom. The van der Waals surface area contributed by atoms with E-state index in [0.717, 1.165) is 15.2 Å². The highest BCUT2D eigenvalue weighted by atomic mass is 127. The summed E-state index contributed by atoms with van der Waals surface area (Å²) in [6.07, 6.45) is -1.51. The first-order valence-corrected chi connectivity index (χ1v) is 14.6. The van der Waals surface area contributed by atoms with Crippen LogP contribution in [0.2, 0.25) is 0 Å².